The molecule has 1 aromatic heterocycles. The molecule has 0 saturated carbocycles. The molecule has 2 aromatic rings. The van der Waals surface area contributed by atoms with Crippen molar-refractivity contribution in [2.45, 2.75) is 19.5 Å². The Balaban J connectivity index is 1.76. The van der Waals surface area contributed by atoms with Gasteiger partial charge in [0.15, 0.2) is 0 Å². The fourth-order valence-corrected chi connectivity index (χ4v) is 2.97. The Kier molecular flexibility index (Phi) is 3.68. The van der Waals surface area contributed by atoms with Crippen LogP contribution in [0.25, 0.3) is 0 Å². The number of hydrogen-bond acceptors (Lipinski definition) is 5. The molecule has 0 saturated heterocycles. The van der Waals surface area contributed by atoms with Gasteiger partial charge in [-0.25, -0.2) is 0 Å². The van der Waals surface area contributed by atoms with Gasteiger partial charge in [-0.05, 0) is 29.7 Å². The summed E-state index contributed by atoms with van der Waals surface area (Å²) in [5.74, 6) is 0.911. The minimum absolute atomic E-state index is 0.691. The van der Waals surface area contributed by atoms with E-state index in [0.29, 0.717) is 4.34 Å². The molecular weight excluding hydrogens is 282 g/mol. The van der Waals surface area contributed by atoms with Crippen LogP contribution in [0.4, 0.5) is 0 Å². The van der Waals surface area contributed by atoms with E-state index in [1.807, 2.05) is 6.07 Å². The second-order valence-corrected chi connectivity index (χ2v) is 5.94. The number of aromatic nitrogens is 2. The van der Waals surface area contributed by atoms with Gasteiger partial charge in [0.2, 0.25) is 0 Å². The zero-order chi connectivity index (χ0) is 13.2. The van der Waals surface area contributed by atoms with E-state index in [-0.39, 0.29) is 0 Å². The van der Waals surface area contributed by atoms with Crippen LogP contribution in [0.1, 0.15) is 16.8 Å². The molecule has 0 spiro atoms. The van der Waals surface area contributed by atoms with Gasteiger partial charge in [-0.15, -0.1) is 5.10 Å². The van der Waals surface area contributed by atoms with Gasteiger partial charge in [0.1, 0.15) is 15.8 Å². The normalized spacial score (nSPS) is 15.3. The molecule has 0 aliphatic carbocycles. The zero-order valence-electron chi connectivity index (χ0n) is 10.6. The molecule has 1 aliphatic rings. The molecule has 1 aromatic carbocycles. The fourth-order valence-electron chi connectivity index (χ4n) is 2.36. The van der Waals surface area contributed by atoms with E-state index in [0.717, 1.165) is 37.5 Å². The van der Waals surface area contributed by atoms with Gasteiger partial charge in [0.05, 0.1) is 7.11 Å². The third kappa shape index (κ3) is 2.73. The van der Waals surface area contributed by atoms with E-state index in [2.05, 4.69) is 26.6 Å². The zero-order valence-corrected chi connectivity index (χ0v) is 12.2. The van der Waals surface area contributed by atoms with Crippen molar-refractivity contribution in [1.29, 1.82) is 0 Å². The van der Waals surface area contributed by atoms with Gasteiger partial charge in [0.25, 0.3) is 0 Å². The Morgan fingerprint density at radius 1 is 1.42 bits per heavy atom. The van der Waals surface area contributed by atoms with Gasteiger partial charge in [-0.2, -0.15) is 0 Å². The van der Waals surface area contributed by atoms with Crippen LogP contribution in [-0.4, -0.2) is 28.1 Å². The average molecular weight is 296 g/mol. The van der Waals surface area contributed by atoms with E-state index < -0.39 is 0 Å². The summed E-state index contributed by atoms with van der Waals surface area (Å²) in [5, 5.41) is 4.07. The summed E-state index contributed by atoms with van der Waals surface area (Å²) >= 11 is 7.30. The number of methoxy groups -OCH3 is 1. The first-order valence-electron chi connectivity index (χ1n) is 6.11. The van der Waals surface area contributed by atoms with Crippen LogP contribution in [-0.2, 0) is 19.5 Å². The van der Waals surface area contributed by atoms with Gasteiger partial charge in [-0.3, -0.25) is 4.90 Å². The van der Waals surface area contributed by atoms with E-state index in [1.54, 1.807) is 7.11 Å². The summed E-state index contributed by atoms with van der Waals surface area (Å²) in [6.07, 6.45) is 1.05. The third-order valence-electron chi connectivity index (χ3n) is 3.39. The number of benzene rings is 1. The Morgan fingerprint density at radius 3 is 3.05 bits per heavy atom. The van der Waals surface area contributed by atoms with Crippen LogP contribution in [0.2, 0.25) is 4.34 Å². The van der Waals surface area contributed by atoms with Crippen molar-refractivity contribution in [3.8, 4) is 5.75 Å². The maximum Gasteiger partial charge on any atom is 0.138 e. The van der Waals surface area contributed by atoms with E-state index >= 15 is 0 Å². The summed E-state index contributed by atoms with van der Waals surface area (Å²) in [6.45, 7) is 2.68. The lowest BCUT2D eigenvalue weighted by Crippen LogP contribution is -2.30. The molecule has 2 heterocycles. The van der Waals surface area contributed by atoms with Crippen LogP contribution < -0.4 is 4.74 Å². The van der Waals surface area contributed by atoms with Gasteiger partial charge in [-0.1, -0.05) is 22.2 Å². The fraction of sp³-hybridized carbons (Fsp3) is 0.385. The number of nitrogens with zero attached hydrogens (tertiary/aromatic N) is 3. The smallest absolute Gasteiger partial charge is 0.138 e. The molecule has 0 atom stereocenters. The second kappa shape index (κ2) is 5.45. The van der Waals surface area contributed by atoms with Gasteiger partial charge < -0.3 is 4.74 Å². The van der Waals surface area contributed by atoms with Crippen LogP contribution in [0.15, 0.2) is 18.2 Å². The maximum absolute atomic E-state index is 6.05. The van der Waals surface area contributed by atoms with E-state index in [9.17, 15) is 0 Å². The minimum atomic E-state index is 0.691. The van der Waals surface area contributed by atoms with Crippen molar-refractivity contribution in [2.24, 2.45) is 0 Å². The first kappa shape index (κ1) is 12.8. The largest absolute Gasteiger partial charge is 0.497 e. The minimum Gasteiger partial charge on any atom is -0.497 e. The lowest BCUT2D eigenvalue weighted by Gasteiger charge is -2.28. The van der Waals surface area contributed by atoms with Crippen molar-refractivity contribution in [3.63, 3.8) is 0 Å². The first-order valence-corrected chi connectivity index (χ1v) is 7.26. The lowest BCUT2D eigenvalue weighted by molar-refractivity contribution is 0.242. The van der Waals surface area contributed by atoms with Crippen molar-refractivity contribution < 1.29 is 4.74 Å². The topological polar surface area (TPSA) is 38.2 Å². The molecular formula is C13H14ClN3OS. The first-order chi connectivity index (χ1) is 9.26. The predicted octanol–water partition coefficient (Wildman–Crippen LogP) is 2.76. The highest BCUT2D eigenvalue weighted by Crippen LogP contribution is 2.26. The molecule has 0 radical (unpaired) electrons. The number of hydrogen-bond donors (Lipinski definition) is 0. The summed E-state index contributed by atoms with van der Waals surface area (Å²) in [7, 11) is 1.70. The maximum atomic E-state index is 6.05. The highest BCUT2D eigenvalue weighted by Gasteiger charge is 2.19. The predicted molar refractivity (Wildman–Crippen MR) is 75.7 cm³/mol. The molecule has 0 fully saturated rings. The quantitative estimate of drug-likeness (QED) is 0.873. The summed E-state index contributed by atoms with van der Waals surface area (Å²) in [5.41, 5.74) is 3.60. The van der Waals surface area contributed by atoms with Crippen molar-refractivity contribution in [2.75, 3.05) is 13.7 Å². The monoisotopic (exact) mass is 295 g/mol. The van der Waals surface area contributed by atoms with Gasteiger partial charge >= 0.3 is 0 Å². The highest BCUT2D eigenvalue weighted by molar-refractivity contribution is 7.10. The Hall–Kier alpha value is -1.17. The van der Waals surface area contributed by atoms with Crippen LogP contribution in [0.5, 0.6) is 5.75 Å². The SMILES string of the molecule is COc1ccc2c(c1)CN(Cc1nnsc1Cl)CC2. The molecule has 1 aliphatic heterocycles. The van der Waals surface area contributed by atoms with Crippen LogP contribution in [0, 0.1) is 0 Å². The number of fused-ring (bicyclic) bond motifs is 1. The molecule has 100 valence electrons. The average Bonchev–Trinajstić information content (AvgIpc) is 2.83. The van der Waals surface area contributed by atoms with E-state index in [4.69, 9.17) is 16.3 Å². The Labute approximate surface area is 121 Å². The lowest BCUT2D eigenvalue weighted by atomic mass is 9.99. The third-order valence-corrected chi connectivity index (χ3v) is 4.37. The number of ether oxygens (including phenoxy) is 1. The molecule has 4 nitrogen and oxygen atoms in total. The summed E-state index contributed by atoms with van der Waals surface area (Å²) in [6, 6.07) is 6.29. The molecule has 0 N–H and O–H groups in total. The van der Waals surface area contributed by atoms with Crippen molar-refractivity contribution >= 4 is 23.1 Å². The summed E-state index contributed by atoms with van der Waals surface area (Å²) in [4.78, 5) is 2.34. The Morgan fingerprint density at radius 2 is 2.32 bits per heavy atom. The van der Waals surface area contributed by atoms with Crippen molar-refractivity contribution in [1.82, 2.24) is 14.5 Å². The summed E-state index contributed by atoms with van der Waals surface area (Å²) < 4.78 is 9.84. The van der Waals surface area contributed by atoms with Crippen LogP contribution in [0.3, 0.4) is 0 Å². The number of halogens is 1. The van der Waals surface area contributed by atoms with E-state index in [1.165, 1.54) is 22.7 Å². The highest BCUT2D eigenvalue weighted by atomic mass is 35.5. The van der Waals surface area contributed by atoms with Crippen LogP contribution >= 0.6 is 23.1 Å². The molecule has 0 amide bonds. The van der Waals surface area contributed by atoms with Gasteiger partial charge in [0, 0.05) is 31.2 Å². The molecule has 6 heteroatoms. The standard InChI is InChI=1S/C13H14ClN3OS/c1-18-11-3-2-9-4-5-17(7-10(9)6-11)8-12-13(14)19-16-15-12/h2-3,6H,4-5,7-8H2,1H3. The Bertz CT molecular complexity index is 587. The molecule has 3 rings (SSSR count). The second-order valence-electron chi connectivity index (χ2n) is 4.59. The number of rotatable bonds is 3. The van der Waals surface area contributed by atoms with Crippen molar-refractivity contribution in [3.05, 3.63) is 39.4 Å². The molecule has 0 bridgehead atoms. The molecule has 0 unspecified atom stereocenters. The molecule has 19 heavy (non-hydrogen) atoms.